The maximum atomic E-state index is 11.4. The summed E-state index contributed by atoms with van der Waals surface area (Å²) in [6.07, 6.45) is 3.14. The summed E-state index contributed by atoms with van der Waals surface area (Å²) in [4.78, 5) is 0. The zero-order chi connectivity index (χ0) is 12.5. The molecule has 1 saturated heterocycles. The summed E-state index contributed by atoms with van der Waals surface area (Å²) in [5.74, 6) is 0.508. The normalized spacial score (nSPS) is 19.4. The Kier molecular flexibility index (Phi) is 3.54. The van der Waals surface area contributed by atoms with Crippen LogP contribution in [0.3, 0.4) is 0 Å². The van der Waals surface area contributed by atoms with Gasteiger partial charge in [-0.1, -0.05) is 29.8 Å². The first-order chi connectivity index (χ1) is 7.97. The van der Waals surface area contributed by atoms with Gasteiger partial charge in [-0.05, 0) is 31.2 Å². The van der Waals surface area contributed by atoms with Gasteiger partial charge in [-0.2, -0.15) is 0 Å². The Bertz CT molecular complexity index is 471. The Morgan fingerprint density at radius 3 is 2.12 bits per heavy atom. The summed E-state index contributed by atoms with van der Waals surface area (Å²) in [5, 5.41) is 0. The fourth-order valence-corrected chi connectivity index (χ4v) is 3.23. The Balaban J connectivity index is 2.02. The van der Waals surface area contributed by atoms with E-state index in [1.54, 1.807) is 4.31 Å². The second-order valence-electron chi connectivity index (χ2n) is 4.85. The van der Waals surface area contributed by atoms with Gasteiger partial charge in [-0.25, -0.2) is 12.7 Å². The van der Waals surface area contributed by atoms with E-state index >= 15 is 0 Å². The van der Waals surface area contributed by atoms with E-state index in [0.717, 1.165) is 12.8 Å². The average Bonchev–Trinajstić information content (AvgIpc) is 2.29. The van der Waals surface area contributed by atoms with E-state index in [-0.39, 0.29) is 0 Å². The fraction of sp³-hybridized carbons (Fsp3) is 0.538. The molecule has 1 fully saturated rings. The van der Waals surface area contributed by atoms with Gasteiger partial charge in [0.25, 0.3) is 0 Å². The molecule has 0 unspecified atom stereocenters. The Morgan fingerprint density at radius 2 is 1.65 bits per heavy atom. The predicted molar refractivity (Wildman–Crippen MR) is 69.6 cm³/mol. The molecule has 17 heavy (non-hydrogen) atoms. The lowest BCUT2D eigenvalue weighted by molar-refractivity contribution is 0.321. The maximum absolute atomic E-state index is 11.4. The standard InChI is InChI=1S/C13H19NO2S/c1-11-3-5-12(6-4-11)13-7-9-14(10-8-13)17(2,15)16/h3-6,13H,7-10H2,1-2H3. The van der Waals surface area contributed by atoms with E-state index in [1.165, 1.54) is 17.4 Å². The molecule has 0 spiro atoms. The molecule has 2 rings (SSSR count). The van der Waals surface area contributed by atoms with Crippen LogP contribution in [0.2, 0.25) is 0 Å². The van der Waals surface area contributed by atoms with Crippen molar-refractivity contribution in [3.63, 3.8) is 0 Å². The molecule has 0 atom stereocenters. The molecule has 0 aromatic heterocycles. The van der Waals surface area contributed by atoms with Gasteiger partial charge in [0.2, 0.25) is 10.0 Å². The molecule has 0 saturated carbocycles. The monoisotopic (exact) mass is 253 g/mol. The van der Waals surface area contributed by atoms with Gasteiger partial charge in [-0.15, -0.1) is 0 Å². The molecule has 3 nitrogen and oxygen atoms in total. The molecule has 94 valence electrons. The number of benzene rings is 1. The number of piperidine rings is 1. The van der Waals surface area contributed by atoms with E-state index in [1.807, 2.05) is 0 Å². The summed E-state index contributed by atoms with van der Waals surface area (Å²) in [6.45, 7) is 3.38. The van der Waals surface area contributed by atoms with Crippen LogP contribution >= 0.6 is 0 Å². The second-order valence-corrected chi connectivity index (χ2v) is 6.83. The number of nitrogens with zero attached hydrogens (tertiary/aromatic N) is 1. The molecule has 1 aliphatic heterocycles. The Morgan fingerprint density at radius 1 is 1.12 bits per heavy atom. The number of sulfonamides is 1. The van der Waals surface area contributed by atoms with Crippen molar-refractivity contribution >= 4 is 10.0 Å². The SMILES string of the molecule is Cc1ccc(C2CCN(S(C)(=O)=O)CC2)cc1. The predicted octanol–water partition coefficient (Wildman–Crippen LogP) is 2.13. The maximum Gasteiger partial charge on any atom is 0.211 e. The first-order valence-corrected chi connectivity index (χ1v) is 7.83. The molecular weight excluding hydrogens is 234 g/mol. The van der Waals surface area contributed by atoms with Gasteiger partial charge in [0.05, 0.1) is 6.26 Å². The van der Waals surface area contributed by atoms with Crippen LogP contribution < -0.4 is 0 Å². The molecule has 0 amide bonds. The molecular formula is C13H19NO2S. The highest BCUT2D eigenvalue weighted by Crippen LogP contribution is 2.28. The van der Waals surface area contributed by atoms with Gasteiger partial charge in [-0.3, -0.25) is 0 Å². The number of hydrogen-bond donors (Lipinski definition) is 0. The van der Waals surface area contributed by atoms with Crippen molar-refractivity contribution in [3.05, 3.63) is 35.4 Å². The van der Waals surface area contributed by atoms with Crippen molar-refractivity contribution in [1.29, 1.82) is 0 Å². The molecule has 4 heteroatoms. The smallest absolute Gasteiger partial charge is 0.211 e. The quantitative estimate of drug-likeness (QED) is 0.809. The highest BCUT2D eigenvalue weighted by Gasteiger charge is 2.25. The highest BCUT2D eigenvalue weighted by atomic mass is 32.2. The minimum Gasteiger partial charge on any atom is -0.213 e. The number of aryl methyl sites for hydroxylation is 1. The van der Waals surface area contributed by atoms with Crippen molar-refractivity contribution in [2.24, 2.45) is 0 Å². The lowest BCUT2D eigenvalue weighted by atomic mass is 9.90. The van der Waals surface area contributed by atoms with Crippen molar-refractivity contribution in [2.45, 2.75) is 25.7 Å². The molecule has 0 aliphatic carbocycles. The summed E-state index contributed by atoms with van der Waals surface area (Å²) in [5.41, 5.74) is 2.60. The van der Waals surface area contributed by atoms with Gasteiger partial charge in [0, 0.05) is 13.1 Å². The summed E-state index contributed by atoms with van der Waals surface area (Å²) in [6, 6.07) is 8.57. The van der Waals surface area contributed by atoms with Crippen molar-refractivity contribution < 1.29 is 8.42 Å². The Hall–Kier alpha value is -0.870. The van der Waals surface area contributed by atoms with Crippen LogP contribution in [0, 0.1) is 6.92 Å². The van der Waals surface area contributed by atoms with E-state index in [4.69, 9.17) is 0 Å². The minimum atomic E-state index is -3.00. The fourth-order valence-electron chi connectivity index (χ4n) is 2.36. The van der Waals surface area contributed by atoms with Crippen molar-refractivity contribution in [1.82, 2.24) is 4.31 Å². The van der Waals surface area contributed by atoms with Crippen LogP contribution in [0.5, 0.6) is 0 Å². The van der Waals surface area contributed by atoms with Crippen LogP contribution in [-0.2, 0) is 10.0 Å². The van der Waals surface area contributed by atoms with E-state index in [9.17, 15) is 8.42 Å². The van der Waals surface area contributed by atoms with E-state index < -0.39 is 10.0 Å². The van der Waals surface area contributed by atoms with E-state index in [0.29, 0.717) is 19.0 Å². The molecule has 1 aliphatic rings. The summed E-state index contributed by atoms with van der Waals surface area (Å²) < 4.78 is 24.4. The second kappa shape index (κ2) is 4.78. The van der Waals surface area contributed by atoms with Crippen molar-refractivity contribution in [3.8, 4) is 0 Å². The zero-order valence-electron chi connectivity index (χ0n) is 10.4. The molecule has 0 radical (unpaired) electrons. The zero-order valence-corrected chi connectivity index (χ0v) is 11.2. The number of rotatable bonds is 2. The largest absolute Gasteiger partial charge is 0.213 e. The first kappa shape index (κ1) is 12.6. The topological polar surface area (TPSA) is 37.4 Å². The average molecular weight is 253 g/mol. The first-order valence-electron chi connectivity index (χ1n) is 5.98. The molecule has 0 N–H and O–H groups in total. The summed E-state index contributed by atoms with van der Waals surface area (Å²) >= 11 is 0. The minimum absolute atomic E-state index is 0.508. The third-order valence-electron chi connectivity index (χ3n) is 3.47. The van der Waals surface area contributed by atoms with Crippen LogP contribution in [0.1, 0.15) is 29.9 Å². The van der Waals surface area contributed by atoms with Crippen LogP contribution in [0.25, 0.3) is 0 Å². The van der Waals surface area contributed by atoms with Crippen LogP contribution in [0.4, 0.5) is 0 Å². The van der Waals surface area contributed by atoms with Gasteiger partial charge in [0.15, 0.2) is 0 Å². The lowest BCUT2D eigenvalue weighted by Crippen LogP contribution is -2.37. The van der Waals surface area contributed by atoms with Crippen molar-refractivity contribution in [2.75, 3.05) is 19.3 Å². The Labute approximate surface area is 104 Å². The van der Waals surface area contributed by atoms with Crippen LogP contribution in [-0.4, -0.2) is 32.1 Å². The van der Waals surface area contributed by atoms with Crippen LogP contribution in [0.15, 0.2) is 24.3 Å². The molecule has 0 bridgehead atoms. The third kappa shape index (κ3) is 3.07. The van der Waals surface area contributed by atoms with Gasteiger partial charge >= 0.3 is 0 Å². The highest BCUT2D eigenvalue weighted by molar-refractivity contribution is 7.88. The van der Waals surface area contributed by atoms with Gasteiger partial charge in [0.1, 0.15) is 0 Å². The summed E-state index contributed by atoms with van der Waals surface area (Å²) in [7, 11) is -3.00. The third-order valence-corrected chi connectivity index (χ3v) is 4.77. The lowest BCUT2D eigenvalue weighted by Gasteiger charge is -2.30. The number of hydrogen-bond acceptors (Lipinski definition) is 2. The van der Waals surface area contributed by atoms with E-state index in [2.05, 4.69) is 31.2 Å². The molecule has 1 aromatic carbocycles. The molecule has 1 heterocycles. The molecule has 1 aromatic rings. The van der Waals surface area contributed by atoms with Gasteiger partial charge < -0.3 is 0 Å².